The van der Waals surface area contributed by atoms with Crippen LogP contribution >= 0.6 is 12.2 Å². The van der Waals surface area contributed by atoms with Gasteiger partial charge in [-0.25, -0.2) is 0 Å². The Morgan fingerprint density at radius 2 is 1.65 bits per heavy atom. The van der Waals surface area contributed by atoms with E-state index in [9.17, 15) is 4.79 Å². The molecule has 1 saturated heterocycles. The summed E-state index contributed by atoms with van der Waals surface area (Å²) in [6.07, 6.45) is 1.84. The van der Waals surface area contributed by atoms with Crippen LogP contribution in [-0.2, 0) is 4.79 Å². The summed E-state index contributed by atoms with van der Waals surface area (Å²) in [6, 6.07) is 8.57. The minimum absolute atomic E-state index is 0.189. The second-order valence-electron chi connectivity index (χ2n) is 5.97. The summed E-state index contributed by atoms with van der Waals surface area (Å²) >= 11 is 4.97. The van der Waals surface area contributed by atoms with E-state index in [2.05, 4.69) is 67.2 Å². The fourth-order valence-electron chi connectivity index (χ4n) is 3.05. The molecule has 4 nitrogen and oxygen atoms in total. The topological polar surface area (TPSA) is 46.1 Å². The van der Waals surface area contributed by atoms with Gasteiger partial charge in [0, 0.05) is 17.1 Å². The standard InChI is InChI=1S/C18H19N3OS/c1-10-5-11(2)7-15(6-10)21-12(3)8-14(13(21)4)9-16-17(22)20-18(23)19-16/h5-9H,1-4H3,(H2,19,20,22,23). The number of nitrogens with one attached hydrogen (secondary N) is 2. The Morgan fingerprint density at radius 1 is 1.00 bits per heavy atom. The van der Waals surface area contributed by atoms with Gasteiger partial charge in [-0.1, -0.05) is 6.07 Å². The summed E-state index contributed by atoms with van der Waals surface area (Å²) in [5.74, 6) is -0.189. The number of nitrogens with zero attached hydrogens (tertiary/aromatic N) is 1. The lowest BCUT2D eigenvalue weighted by Gasteiger charge is -2.12. The average Bonchev–Trinajstić information content (AvgIpc) is 2.88. The lowest BCUT2D eigenvalue weighted by Crippen LogP contribution is -2.21. The molecule has 0 atom stereocenters. The van der Waals surface area contributed by atoms with Gasteiger partial charge in [0.15, 0.2) is 5.11 Å². The smallest absolute Gasteiger partial charge is 0.273 e. The molecule has 0 spiro atoms. The van der Waals surface area contributed by atoms with Gasteiger partial charge in [-0.2, -0.15) is 0 Å². The predicted molar refractivity (Wildman–Crippen MR) is 96.6 cm³/mol. The molecule has 1 fully saturated rings. The number of rotatable bonds is 2. The zero-order valence-corrected chi connectivity index (χ0v) is 14.5. The quantitative estimate of drug-likeness (QED) is 0.659. The van der Waals surface area contributed by atoms with E-state index in [0.717, 1.165) is 22.6 Å². The first kappa shape index (κ1) is 15.5. The molecule has 1 aliphatic heterocycles. The fraction of sp³-hybridized carbons (Fsp3) is 0.222. The van der Waals surface area contributed by atoms with Crippen LogP contribution in [0.4, 0.5) is 0 Å². The van der Waals surface area contributed by atoms with Gasteiger partial charge in [-0.15, -0.1) is 0 Å². The van der Waals surface area contributed by atoms with Crippen molar-refractivity contribution >= 4 is 29.3 Å². The molecule has 0 saturated carbocycles. The Balaban J connectivity index is 2.08. The highest BCUT2D eigenvalue weighted by molar-refractivity contribution is 7.80. The van der Waals surface area contributed by atoms with E-state index in [1.165, 1.54) is 11.1 Å². The van der Waals surface area contributed by atoms with Gasteiger partial charge in [-0.05, 0) is 80.9 Å². The van der Waals surface area contributed by atoms with E-state index < -0.39 is 0 Å². The van der Waals surface area contributed by atoms with Crippen molar-refractivity contribution in [3.8, 4) is 5.69 Å². The average molecular weight is 325 g/mol. The molecule has 2 N–H and O–H groups in total. The van der Waals surface area contributed by atoms with Gasteiger partial charge in [-0.3, -0.25) is 10.1 Å². The highest BCUT2D eigenvalue weighted by atomic mass is 32.1. The SMILES string of the molecule is Cc1cc(C)cc(-n2c(C)cc(C=C3NC(=S)NC3=O)c2C)c1. The summed E-state index contributed by atoms with van der Waals surface area (Å²) < 4.78 is 2.21. The van der Waals surface area contributed by atoms with Crippen LogP contribution in [0.2, 0.25) is 0 Å². The molecule has 118 valence electrons. The Labute approximate surface area is 141 Å². The normalized spacial score (nSPS) is 15.9. The zero-order valence-electron chi connectivity index (χ0n) is 13.7. The first-order chi connectivity index (χ1) is 10.8. The van der Waals surface area contributed by atoms with Crippen LogP contribution in [-0.4, -0.2) is 15.6 Å². The van der Waals surface area contributed by atoms with Gasteiger partial charge in [0.1, 0.15) is 5.70 Å². The highest BCUT2D eigenvalue weighted by Crippen LogP contribution is 2.24. The first-order valence-electron chi connectivity index (χ1n) is 7.47. The van der Waals surface area contributed by atoms with Crippen molar-refractivity contribution in [2.45, 2.75) is 27.7 Å². The molecule has 1 aromatic heterocycles. The number of hydrogen-bond acceptors (Lipinski definition) is 2. The third-order valence-corrected chi connectivity index (χ3v) is 4.16. The number of hydrogen-bond donors (Lipinski definition) is 2. The summed E-state index contributed by atoms with van der Waals surface area (Å²) in [7, 11) is 0. The van der Waals surface area contributed by atoms with Crippen molar-refractivity contribution in [1.82, 2.24) is 15.2 Å². The van der Waals surface area contributed by atoms with Crippen LogP contribution in [0.25, 0.3) is 11.8 Å². The van der Waals surface area contributed by atoms with Crippen LogP contribution < -0.4 is 10.6 Å². The van der Waals surface area contributed by atoms with E-state index in [-0.39, 0.29) is 5.91 Å². The molecular weight excluding hydrogens is 306 g/mol. The highest BCUT2D eigenvalue weighted by Gasteiger charge is 2.21. The van der Waals surface area contributed by atoms with Gasteiger partial charge >= 0.3 is 0 Å². The summed E-state index contributed by atoms with van der Waals surface area (Å²) in [5, 5.41) is 5.82. The third kappa shape index (κ3) is 2.92. The molecule has 0 aliphatic carbocycles. The Kier molecular flexibility index (Phi) is 3.82. The molecule has 2 heterocycles. The first-order valence-corrected chi connectivity index (χ1v) is 7.87. The van der Waals surface area contributed by atoms with Crippen molar-refractivity contribution in [2.75, 3.05) is 0 Å². The van der Waals surface area contributed by atoms with E-state index >= 15 is 0 Å². The van der Waals surface area contributed by atoms with Gasteiger partial charge in [0.2, 0.25) is 0 Å². The van der Waals surface area contributed by atoms with Crippen molar-refractivity contribution in [3.63, 3.8) is 0 Å². The maximum Gasteiger partial charge on any atom is 0.273 e. The fourth-order valence-corrected chi connectivity index (χ4v) is 3.25. The number of amides is 1. The monoisotopic (exact) mass is 325 g/mol. The van der Waals surface area contributed by atoms with Crippen LogP contribution in [0.15, 0.2) is 30.0 Å². The Morgan fingerprint density at radius 3 is 2.22 bits per heavy atom. The lowest BCUT2D eigenvalue weighted by molar-refractivity contribution is -0.115. The molecular formula is C18H19N3OS. The second kappa shape index (κ2) is 5.66. The maximum atomic E-state index is 11.8. The molecule has 1 amide bonds. The maximum absolute atomic E-state index is 11.8. The molecule has 3 rings (SSSR count). The van der Waals surface area contributed by atoms with Crippen molar-refractivity contribution in [3.05, 3.63) is 58.0 Å². The molecule has 1 aromatic carbocycles. The summed E-state index contributed by atoms with van der Waals surface area (Å²) in [5.41, 5.74) is 7.30. The number of carbonyl (C=O) groups is 1. The van der Waals surface area contributed by atoms with Crippen molar-refractivity contribution in [1.29, 1.82) is 0 Å². The minimum Gasteiger partial charge on any atom is -0.328 e. The Hall–Kier alpha value is -2.40. The lowest BCUT2D eigenvalue weighted by atomic mass is 10.1. The number of aryl methyl sites for hydroxylation is 3. The predicted octanol–water partition coefficient (Wildman–Crippen LogP) is 3.06. The third-order valence-electron chi connectivity index (χ3n) is 3.95. The van der Waals surface area contributed by atoms with Crippen LogP contribution in [0, 0.1) is 27.7 Å². The van der Waals surface area contributed by atoms with Crippen LogP contribution in [0.5, 0.6) is 0 Å². The Bertz CT molecular complexity index is 841. The molecule has 23 heavy (non-hydrogen) atoms. The number of aromatic nitrogens is 1. The molecule has 1 aliphatic rings. The second-order valence-corrected chi connectivity index (χ2v) is 6.38. The molecule has 2 aromatic rings. The summed E-state index contributed by atoms with van der Waals surface area (Å²) in [6.45, 7) is 8.32. The molecule has 5 heteroatoms. The number of carbonyl (C=O) groups excluding carboxylic acids is 1. The molecule has 0 bridgehead atoms. The van der Waals surface area contributed by atoms with Crippen LogP contribution in [0.1, 0.15) is 28.1 Å². The summed E-state index contributed by atoms with van der Waals surface area (Å²) in [4.78, 5) is 11.8. The van der Waals surface area contributed by atoms with Crippen LogP contribution in [0.3, 0.4) is 0 Å². The van der Waals surface area contributed by atoms with E-state index in [4.69, 9.17) is 12.2 Å². The zero-order chi connectivity index (χ0) is 16.7. The van der Waals surface area contributed by atoms with Gasteiger partial charge in [0.05, 0.1) is 0 Å². The number of benzene rings is 1. The number of thiocarbonyl (C=S) groups is 1. The molecule has 0 unspecified atom stereocenters. The van der Waals surface area contributed by atoms with E-state index in [1.54, 1.807) is 0 Å². The van der Waals surface area contributed by atoms with E-state index in [1.807, 2.05) is 6.08 Å². The molecule has 0 radical (unpaired) electrons. The van der Waals surface area contributed by atoms with E-state index in [0.29, 0.717) is 10.8 Å². The van der Waals surface area contributed by atoms with Crippen molar-refractivity contribution in [2.24, 2.45) is 0 Å². The largest absolute Gasteiger partial charge is 0.328 e. The van der Waals surface area contributed by atoms with Gasteiger partial charge in [0.25, 0.3) is 5.91 Å². The minimum atomic E-state index is -0.189. The van der Waals surface area contributed by atoms with Gasteiger partial charge < -0.3 is 9.88 Å². The van der Waals surface area contributed by atoms with Crippen molar-refractivity contribution < 1.29 is 4.79 Å².